The molecule has 1 N–H and O–H groups in total. The van der Waals surface area contributed by atoms with Crippen LogP contribution < -0.4 is 5.32 Å². The number of carbonyl (C=O) groups is 2. The lowest BCUT2D eigenvalue weighted by Gasteiger charge is -2.37. The van der Waals surface area contributed by atoms with Gasteiger partial charge in [-0.05, 0) is 18.9 Å². The molecule has 144 valence electrons. The minimum absolute atomic E-state index is 0.0373. The second kappa shape index (κ2) is 7.60. The highest BCUT2D eigenvalue weighted by Crippen LogP contribution is 2.21. The molecule has 2 aromatic rings. The van der Waals surface area contributed by atoms with E-state index in [0.29, 0.717) is 45.0 Å². The van der Waals surface area contributed by atoms with E-state index in [1.165, 1.54) is 0 Å². The number of amides is 3. The number of nitrogens with zero attached hydrogens (tertiary/aromatic N) is 3. The molecule has 0 unspecified atom stereocenters. The quantitative estimate of drug-likeness (QED) is 0.877. The molecule has 7 heteroatoms. The van der Waals surface area contributed by atoms with Crippen molar-refractivity contribution in [2.45, 2.75) is 18.9 Å². The predicted octanol–water partition coefficient (Wildman–Crippen LogP) is 1.82. The van der Waals surface area contributed by atoms with Gasteiger partial charge in [-0.15, -0.1) is 0 Å². The number of nitrogens with one attached hydrogen (secondary N) is 1. The van der Waals surface area contributed by atoms with Gasteiger partial charge in [-0.3, -0.25) is 4.79 Å². The Labute approximate surface area is 158 Å². The zero-order valence-electron chi connectivity index (χ0n) is 15.7. The van der Waals surface area contributed by atoms with Crippen molar-refractivity contribution in [3.8, 4) is 0 Å². The molecule has 7 nitrogen and oxygen atoms in total. The molecule has 0 saturated carbocycles. The van der Waals surface area contributed by atoms with Crippen LogP contribution in [-0.4, -0.2) is 71.7 Å². The normalized spacial score (nSPS) is 18.7. The number of rotatable bonds is 2. The topological polar surface area (TPSA) is 66.8 Å². The first kappa shape index (κ1) is 17.9. The maximum Gasteiger partial charge on any atom is 0.320 e. The molecule has 4 rings (SSSR count). The minimum atomic E-state index is -0.0373. The number of aromatic nitrogens is 1. The second-order valence-corrected chi connectivity index (χ2v) is 7.29. The van der Waals surface area contributed by atoms with Crippen LogP contribution in [0.1, 0.15) is 23.2 Å². The SMILES string of the molecule is Cn1cc(C(=O)NC2CCN(C(=O)N3CCOCC3)CC2)c2ccccc21. The Balaban J connectivity index is 1.35. The molecule has 0 atom stereocenters. The summed E-state index contributed by atoms with van der Waals surface area (Å²) in [6.45, 7) is 3.91. The molecule has 27 heavy (non-hydrogen) atoms. The zero-order valence-corrected chi connectivity index (χ0v) is 15.7. The van der Waals surface area contributed by atoms with Gasteiger partial charge in [0, 0.05) is 56.4 Å². The zero-order chi connectivity index (χ0) is 18.8. The maximum atomic E-state index is 12.8. The summed E-state index contributed by atoms with van der Waals surface area (Å²) >= 11 is 0. The Morgan fingerprint density at radius 1 is 1.04 bits per heavy atom. The first-order valence-electron chi connectivity index (χ1n) is 9.60. The van der Waals surface area contributed by atoms with E-state index in [1.54, 1.807) is 0 Å². The molecule has 0 spiro atoms. The summed E-state index contributed by atoms with van der Waals surface area (Å²) in [7, 11) is 1.95. The van der Waals surface area contributed by atoms with Gasteiger partial charge in [-0.25, -0.2) is 4.79 Å². The van der Waals surface area contributed by atoms with Gasteiger partial charge in [0.25, 0.3) is 5.91 Å². The minimum Gasteiger partial charge on any atom is -0.378 e. The van der Waals surface area contributed by atoms with Crippen LogP contribution in [0.4, 0.5) is 4.79 Å². The molecular formula is C20H26N4O3. The van der Waals surface area contributed by atoms with Gasteiger partial charge in [0.15, 0.2) is 0 Å². The second-order valence-electron chi connectivity index (χ2n) is 7.29. The lowest BCUT2D eigenvalue weighted by atomic mass is 10.0. The summed E-state index contributed by atoms with van der Waals surface area (Å²) in [5.41, 5.74) is 1.76. The average molecular weight is 370 g/mol. The summed E-state index contributed by atoms with van der Waals surface area (Å²) < 4.78 is 7.29. The lowest BCUT2D eigenvalue weighted by Crippen LogP contribution is -2.52. The number of aryl methyl sites for hydroxylation is 1. The van der Waals surface area contributed by atoms with E-state index in [-0.39, 0.29) is 18.0 Å². The average Bonchev–Trinajstić information content (AvgIpc) is 3.06. The summed E-state index contributed by atoms with van der Waals surface area (Å²) in [6.07, 6.45) is 3.45. The number of urea groups is 1. The van der Waals surface area contributed by atoms with Gasteiger partial charge in [-0.1, -0.05) is 18.2 Å². The number of hydrogen-bond donors (Lipinski definition) is 1. The van der Waals surface area contributed by atoms with Crippen molar-refractivity contribution in [1.29, 1.82) is 0 Å². The maximum absolute atomic E-state index is 12.8. The third-order valence-corrected chi connectivity index (χ3v) is 5.52. The Hall–Kier alpha value is -2.54. The first-order valence-corrected chi connectivity index (χ1v) is 9.60. The van der Waals surface area contributed by atoms with Crippen molar-refractivity contribution in [3.05, 3.63) is 36.0 Å². The molecule has 2 aliphatic heterocycles. The number of piperidine rings is 1. The van der Waals surface area contributed by atoms with Gasteiger partial charge >= 0.3 is 6.03 Å². The Morgan fingerprint density at radius 2 is 1.70 bits per heavy atom. The highest BCUT2D eigenvalue weighted by atomic mass is 16.5. The molecule has 0 bridgehead atoms. The van der Waals surface area contributed by atoms with E-state index in [4.69, 9.17) is 4.74 Å². The molecule has 2 fully saturated rings. The summed E-state index contributed by atoms with van der Waals surface area (Å²) in [6, 6.07) is 8.12. The van der Waals surface area contributed by atoms with Crippen LogP contribution in [0.5, 0.6) is 0 Å². The van der Waals surface area contributed by atoms with Gasteiger partial charge in [0.1, 0.15) is 0 Å². The third kappa shape index (κ3) is 3.64. The van der Waals surface area contributed by atoms with E-state index in [0.717, 1.165) is 23.7 Å². The van der Waals surface area contributed by atoms with Crippen molar-refractivity contribution in [1.82, 2.24) is 19.7 Å². The molecule has 3 heterocycles. The Kier molecular flexibility index (Phi) is 5.03. The van der Waals surface area contributed by atoms with E-state index in [1.807, 2.05) is 51.9 Å². The number of hydrogen-bond acceptors (Lipinski definition) is 3. The summed E-state index contributed by atoms with van der Waals surface area (Å²) in [4.78, 5) is 29.1. The van der Waals surface area contributed by atoms with E-state index < -0.39 is 0 Å². The molecule has 3 amide bonds. The van der Waals surface area contributed by atoms with E-state index in [9.17, 15) is 9.59 Å². The van der Waals surface area contributed by atoms with E-state index >= 15 is 0 Å². The fourth-order valence-corrected chi connectivity index (χ4v) is 3.96. The van der Waals surface area contributed by atoms with Crippen LogP contribution in [0.25, 0.3) is 10.9 Å². The summed E-state index contributed by atoms with van der Waals surface area (Å²) in [5.74, 6) is -0.0373. The lowest BCUT2D eigenvalue weighted by molar-refractivity contribution is 0.0407. The number of likely N-dealkylation sites (tertiary alicyclic amines) is 1. The highest BCUT2D eigenvalue weighted by Gasteiger charge is 2.28. The van der Waals surface area contributed by atoms with Crippen LogP contribution in [0.2, 0.25) is 0 Å². The highest BCUT2D eigenvalue weighted by molar-refractivity contribution is 6.07. The first-order chi connectivity index (χ1) is 13.1. The van der Waals surface area contributed by atoms with Gasteiger partial charge in [0.2, 0.25) is 0 Å². The summed E-state index contributed by atoms with van der Waals surface area (Å²) in [5, 5.41) is 4.13. The van der Waals surface area contributed by atoms with Gasteiger partial charge in [0.05, 0.1) is 18.8 Å². The number of para-hydroxylation sites is 1. The molecule has 1 aromatic heterocycles. The van der Waals surface area contributed by atoms with Crippen LogP contribution in [0, 0.1) is 0 Å². The van der Waals surface area contributed by atoms with Crippen LogP contribution >= 0.6 is 0 Å². The molecule has 2 saturated heterocycles. The van der Waals surface area contributed by atoms with Crippen molar-refractivity contribution in [3.63, 3.8) is 0 Å². The fourth-order valence-electron chi connectivity index (χ4n) is 3.96. The van der Waals surface area contributed by atoms with Crippen molar-refractivity contribution < 1.29 is 14.3 Å². The number of morpholine rings is 1. The van der Waals surface area contributed by atoms with Crippen molar-refractivity contribution >= 4 is 22.8 Å². The van der Waals surface area contributed by atoms with Gasteiger partial charge < -0.3 is 24.4 Å². The monoisotopic (exact) mass is 370 g/mol. The molecule has 2 aliphatic rings. The standard InChI is InChI=1S/C20H26N4O3/c1-22-14-17(16-4-2-3-5-18(16)22)19(25)21-15-6-8-23(9-7-15)20(26)24-10-12-27-13-11-24/h2-5,14-15H,6-13H2,1H3,(H,21,25). The van der Waals surface area contributed by atoms with Crippen LogP contribution in [0.15, 0.2) is 30.5 Å². The van der Waals surface area contributed by atoms with Crippen molar-refractivity contribution in [2.24, 2.45) is 7.05 Å². The fraction of sp³-hybridized carbons (Fsp3) is 0.500. The molecular weight excluding hydrogens is 344 g/mol. The smallest absolute Gasteiger partial charge is 0.320 e. The van der Waals surface area contributed by atoms with Crippen molar-refractivity contribution in [2.75, 3.05) is 39.4 Å². The van der Waals surface area contributed by atoms with Crippen LogP contribution in [0.3, 0.4) is 0 Å². The van der Waals surface area contributed by atoms with Gasteiger partial charge in [-0.2, -0.15) is 0 Å². The number of carbonyl (C=O) groups excluding carboxylic acids is 2. The predicted molar refractivity (Wildman–Crippen MR) is 103 cm³/mol. The van der Waals surface area contributed by atoms with E-state index in [2.05, 4.69) is 5.32 Å². The number of ether oxygens (including phenoxy) is 1. The van der Waals surface area contributed by atoms with Crippen LogP contribution in [-0.2, 0) is 11.8 Å². The number of benzene rings is 1. The Morgan fingerprint density at radius 3 is 2.44 bits per heavy atom. The Bertz CT molecular complexity index is 833. The third-order valence-electron chi connectivity index (χ3n) is 5.52. The largest absolute Gasteiger partial charge is 0.378 e. The molecule has 1 aromatic carbocycles. The molecule has 0 aliphatic carbocycles. The number of fused-ring (bicyclic) bond motifs is 1. The molecule has 0 radical (unpaired) electrons.